The topological polar surface area (TPSA) is 67.0 Å². The predicted octanol–water partition coefficient (Wildman–Crippen LogP) is 2.24. The van der Waals surface area contributed by atoms with E-state index in [9.17, 15) is 4.79 Å². The highest BCUT2D eigenvalue weighted by atomic mass is 16.5. The third-order valence-electron chi connectivity index (χ3n) is 2.75. The first-order valence-corrected chi connectivity index (χ1v) is 5.62. The van der Waals surface area contributed by atoms with Gasteiger partial charge in [-0.3, -0.25) is 5.10 Å². The van der Waals surface area contributed by atoms with Crippen LogP contribution in [-0.4, -0.2) is 23.4 Å². The quantitative estimate of drug-likeness (QED) is 0.871. The molecule has 0 saturated carbocycles. The largest absolute Gasteiger partial charge is 0.453 e. The number of methoxy groups -OCH3 is 1. The Bertz CT molecular complexity index is 535. The SMILES string of the molecule is COC(=O)NCc1cc(-c2cc[nH]n2)ccc1C. The van der Waals surface area contributed by atoms with Gasteiger partial charge in [-0.2, -0.15) is 5.10 Å². The second-order valence-corrected chi connectivity index (χ2v) is 3.95. The number of benzene rings is 1. The van der Waals surface area contributed by atoms with E-state index < -0.39 is 6.09 Å². The highest BCUT2D eigenvalue weighted by molar-refractivity contribution is 5.67. The van der Waals surface area contributed by atoms with E-state index in [1.54, 1.807) is 6.20 Å². The van der Waals surface area contributed by atoms with Crippen molar-refractivity contribution in [3.63, 3.8) is 0 Å². The minimum absolute atomic E-state index is 0.431. The Morgan fingerprint density at radius 3 is 2.94 bits per heavy atom. The first-order valence-electron chi connectivity index (χ1n) is 5.62. The summed E-state index contributed by atoms with van der Waals surface area (Å²) in [5, 5.41) is 9.59. The maximum absolute atomic E-state index is 11.1. The highest BCUT2D eigenvalue weighted by Gasteiger charge is 2.06. The maximum Gasteiger partial charge on any atom is 0.407 e. The normalized spacial score (nSPS) is 10.1. The van der Waals surface area contributed by atoms with Gasteiger partial charge in [0.1, 0.15) is 0 Å². The fourth-order valence-electron chi connectivity index (χ4n) is 1.68. The fourth-order valence-corrected chi connectivity index (χ4v) is 1.68. The lowest BCUT2D eigenvalue weighted by molar-refractivity contribution is 0.170. The van der Waals surface area contributed by atoms with E-state index in [0.717, 1.165) is 22.4 Å². The standard InChI is InChI=1S/C13H15N3O2/c1-9-3-4-10(12-5-6-15-16-12)7-11(9)8-14-13(17)18-2/h3-7H,8H2,1-2H3,(H,14,17)(H,15,16). The third-order valence-corrected chi connectivity index (χ3v) is 2.75. The molecule has 0 spiro atoms. The lowest BCUT2D eigenvalue weighted by Crippen LogP contribution is -2.22. The van der Waals surface area contributed by atoms with Crippen LogP contribution in [0.3, 0.4) is 0 Å². The predicted molar refractivity (Wildman–Crippen MR) is 68.0 cm³/mol. The Balaban J connectivity index is 2.19. The van der Waals surface area contributed by atoms with Crippen LogP contribution in [0.2, 0.25) is 0 Å². The molecule has 0 fully saturated rings. The number of rotatable bonds is 3. The molecule has 0 aliphatic heterocycles. The van der Waals surface area contributed by atoms with E-state index in [0.29, 0.717) is 6.54 Å². The van der Waals surface area contributed by atoms with Gasteiger partial charge in [-0.05, 0) is 30.2 Å². The number of amides is 1. The Kier molecular flexibility index (Phi) is 3.62. The molecule has 2 rings (SSSR count). The van der Waals surface area contributed by atoms with E-state index >= 15 is 0 Å². The molecule has 1 aromatic heterocycles. The van der Waals surface area contributed by atoms with Crippen molar-refractivity contribution < 1.29 is 9.53 Å². The molecule has 0 atom stereocenters. The van der Waals surface area contributed by atoms with Crippen molar-refractivity contribution in [2.75, 3.05) is 7.11 Å². The molecule has 0 saturated heterocycles. The van der Waals surface area contributed by atoms with Crippen LogP contribution in [-0.2, 0) is 11.3 Å². The second-order valence-electron chi connectivity index (χ2n) is 3.95. The first kappa shape index (κ1) is 12.2. The summed E-state index contributed by atoms with van der Waals surface area (Å²) < 4.78 is 4.55. The van der Waals surface area contributed by atoms with Crippen molar-refractivity contribution in [2.24, 2.45) is 0 Å². The number of alkyl carbamates (subject to hydrolysis) is 1. The van der Waals surface area contributed by atoms with Gasteiger partial charge in [-0.25, -0.2) is 4.79 Å². The van der Waals surface area contributed by atoms with Crippen LogP contribution in [0.1, 0.15) is 11.1 Å². The zero-order chi connectivity index (χ0) is 13.0. The van der Waals surface area contributed by atoms with Gasteiger partial charge in [0.15, 0.2) is 0 Å². The number of nitrogens with zero attached hydrogens (tertiary/aromatic N) is 1. The van der Waals surface area contributed by atoms with Gasteiger partial charge in [-0.1, -0.05) is 12.1 Å². The number of aromatic amines is 1. The summed E-state index contributed by atoms with van der Waals surface area (Å²) in [4.78, 5) is 11.1. The summed E-state index contributed by atoms with van der Waals surface area (Å²) >= 11 is 0. The molecule has 94 valence electrons. The molecular weight excluding hydrogens is 230 g/mol. The Morgan fingerprint density at radius 1 is 1.44 bits per heavy atom. The number of hydrogen-bond acceptors (Lipinski definition) is 3. The molecule has 0 aliphatic carbocycles. The average molecular weight is 245 g/mol. The Hall–Kier alpha value is -2.30. The molecule has 5 heteroatoms. The molecule has 0 aliphatic rings. The monoisotopic (exact) mass is 245 g/mol. The number of nitrogens with one attached hydrogen (secondary N) is 2. The van der Waals surface area contributed by atoms with E-state index in [-0.39, 0.29) is 0 Å². The molecule has 1 amide bonds. The number of hydrogen-bond donors (Lipinski definition) is 2. The number of H-pyrrole nitrogens is 1. The number of carbonyl (C=O) groups is 1. The zero-order valence-electron chi connectivity index (χ0n) is 10.4. The molecule has 18 heavy (non-hydrogen) atoms. The van der Waals surface area contributed by atoms with Gasteiger partial charge in [0, 0.05) is 18.3 Å². The minimum atomic E-state index is -0.431. The van der Waals surface area contributed by atoms with E-state index in [2.05, 4.69) is 20.3 Å². The Morgan fingerprint density at radius 2 is 2.28 bits per heavy atom. The summed E-state index contributed by atoms with van der Waals surface area (Å²) in [6.45, 7) is 2.44. The van der Waals surface area contributed by atoms with Crippen molar-refractivity contribution in [1.29, 1.82) is 0 Å². The van der Waals surface area contributed by atoms with Gasteiger partial charge >= 0.3 is 6.09 Å². The number of aromatic nitrogens is 2. The van der Waals surface area contributed by atoms with Crippen LogP contribution in [0.25, 0.3) is 11.3 Å². The van der Waals surface area contributed by atoms with E-state index in [1.807, 2.05) is 31.2 Å². The van der Waals surface area contributed by atoms with Crippen LogP contribution in [0.5, 0.6) is 0 Å². The lowest BCUT2D eigenvalue weighted by Gasteiger charge is -2.08. The summed E-state index contributed by atoms with van der Waals surface area (Å²) in [5.41, 5.74) is 4.06. The van der Waals surface area contributed by atoms with Crippen LogP contribution < -0.4 is 5.32 Å². The van der Waals surface area contributed by atoms with Gasteiger partial charge in [0.05, 0.1) is 12.8 Å². The number of aryl methyl sites for hydroxylation is 1. The van der Waals surface area contributed by atoms with Gasteiger partial charge < -0.3 is 10.1 Å². The van der Waals surface area contributed by atoms with Gasteiger partial charge in [0.25, 0.3) is 0 Å². The van der Waals surface area contributed by atoms with Crippen molar-refractivity contribution in [3.05, 3.63) is 41.6 Å². The molecule has 2 aromatic rings. The van der Waals surface area contributed by atoms with Crippen LogP contribution in [0.15, 0.2) is 30.5 Å². The van der Waals surface area contributed by atoms with Crippen LogP contribution in [0.4, 0.5) is 4.79 Å². The fraction of sp³-hybridized carbons (Fsp3) is 0.231. The molecule has 2 N–H and O–H groups in total. The van der Waals surface area contributed by atoms with Crippen LogP contribution >= 0.6 is 0 Å². The number of carbonyl (C=O) groups excluding carboxylic acids is 1. The molecule has 5 nitrogen and oxygen atoms in total. The smallest absolute Gasteiger partial charge is 0.407 e. The third kappa shape index (κ3) is 2.68. The van der Waals surface area contributed by atoms with Crippen molar-refractivity contribution >= 4 is 6.09 Å². The summed E-state index contributed by atoms with van der Waals surface area (Å²) in [5.74, 6) is 0. The maximum atomic E-state index is 11.1. The van der Waals surface area contributed by atoms with E-state index in [1.165, 1.54) is 7.11 Å². The minimum Gasteiger partial charge on any atom is -0.453 e. The van der Waals surface area contributed by atoms with Crippen LogP contribution in [0, 0.1) is 6.92 Å². The first-order chi connectivity index (χ1) is 8.70. The molecule has 1 heterocycles. The van der Waals surface area contributed by atoms with Gasteiger partial charge in [-0.15, -0.1) is 0 Å². The zero-order valence-corrected chi connectivity index (χ0v) is 10.4. The molecular formula is C13H15N3O2. The van der Waals surface area contributed by atoms with E-state index in [4.69, 9.17) is 0 Å². The van der Waals surface area contributed by atoms with Crippen molar-refractivity contribution in [2.45, 2.75) is 13.5 Å². The van der Waals surface area contributed by atoms with Crippen molar-refractivity contribution in [3.8, 4) is 11.3 Å². The van der Waals surface area contributed by atoms with Gasteiger partial charge in [0.2, 0.25) is 0 Å². The van der Waals surface area contributed by atoms with Crippen molar-refractivity contribution in [1.82, 2.24) is 15.5 Å². The summed E-state index contributed by atoms with van der Waals surface area (Å²) in [7, 11) is 1.35. The highest BCUT2D eigenvalue weighted by Crippen LogP contribution is 2.20. The number of ether oxygens (including phenoxy) is 1. The summed E-state index contributed by atoms with van der Waals surface area (Å²) in [6.07, 6.45) is 1.35. The molecule has 0 bridgehead atoms. The molecule has 0 unspecified atom stereocenters. The lowest BCUT2D eigenvalue weighted by atomic mass is 10.0. The average Bonchev–Trinajstić information content (AvgIpc) is 2.91. The Labute approximate surface area is 105 Å². The molecule has 0 radical (unpaired) electrons. The second kappa shape index (κ2) is 5.35. The molecule has 1 aromatic carbocycles. The summed E-state index contributed by atoms with van der Waals surface area (Å²) in [6, 6.07) is 7.94.